The van der Waals surface area contributed by atoms with E-state index in [1.807, 2.05) is 33.8 Å². The fourth-order valence-electron chi connectivity index (χ4n) is 3.85. The summed E-state index contributed by atoms with van der Waals surface area (Å²) in [5, 5.41) is 7.36. The van der Waals surface area contributed by atoms with E-state index in [0.29, 0.717) is 18.4 Å². The number of nitrogens with one attached hydrogen (secondary N) is 1. The third-order valence-corrected chi connectivity index (χ3v) is 5.42. The van der Waals surface area contributed by atoms with Crippen molar-refractivity contribution in [3.63, 3.8) is 0 Å². The van der Waals surface area contributed by atoms with E-state index in [2.05, 4.69) is 15.4 Å². The van der Waals surface area contributed by atoms with Crippen molar-refractivity contribution < 1.29 is 18.0 Å². The molecule has 1 atom stereocenters. The predicted octanol–water partition coefficient (Wildman–Crippen LogP) is 5.26. The topological polar surface area (TPSA) is 59.3 Å². The average Bonchev–Trinajstić information content (AvgIpc) is 3.07. The molecule has 0 radical (unpaired) electrons. The third-order valence-electron chi connectivity index (χ3n) is 5.42. The SMILES string of the molecule is CCCC(NC(=O)CCc1c(C)nc2cc(C)nn2c1C)c1cccc(C(F)(F)F)c1. The summed E-state index contributed by atoms with van der Waals surface area (Å²) >= 11 is 0. The lowest BCUT2D eigenvalue weighted by molar-refractivity contribution is -0.137. The molecule has 0 aliphatic heterocycles. The van der Waals surface area contributed by atoms with E-state index in [1.54, 1.807) is 10.6 Å². The monoisotopic (exact) mass is 432 g/mol. The lowest BCUT2D eigenvalue weighted by Gasteiger charge is -2.20. The van der Waals surface area contributed by atoms with Gasteiger partial charge in [0.05, 0.1) is 17.3 Å². The number of rotatable bonds is 7. The maximum atomic E-state index is 13.1. The van der Waals surface area contributed by atoms with Gasteiger partial charge in [-0.05, 0) is 56.9 Å². The maximum Gasteiger partial charge on any atom is 0.416 e. The number of aryl methyl sites for hydroxylation is 3. The second-order valence-corrected chi connectivity index (χ2v) is 7.85. The molecule has 8 heteroatoms. The van der Waals surface area contributed by atoms with Crippen LogP contribution in [0.3, 0.4) is 0 Å². The van der Waals surface area contributed by atoms with Crippen molar-refractivity contribution >= 4 is 11.6 Å². The lowest BCUT2D eigenvalue weighted by Crippen LogP contribution is -2.29. The highest BCUT2D eigenvalue weighted by atomic mass is 19.4. The second-order valence-electron chi connectivity index (χ2n) is 7.85. The zero-order valence-electron chi connectivity index (χ0n) is 18.2. The van der Waals surface area contributed by atoms with Crippen LogP contribution in [0, 0.1) is 20.8 Å². The summed E-state index contributed by atoms with van der Waals surface area (Å²) in [5.74, 6) is -0.202. The van der Waals surface area contributed by atoms with Crippen molar-refractivity contribution in [2.45, 2.75) is 65.6 Å². The van der Waals surface area contributed by atoms with Crippen LogP contribution in [0.4, 0.5) is 13.2 Å². The first-order chi connectivity index (χ1) is 14.6. The quantitative estimate of drug-likeness (QED) is 0.554. The number of amides is 1. The molecule has 0 aliphatic rings. The number of hydrogen-bond donors (Lipinski definition) is 1. The van der Waals surface area contributed by atoms with Crippen molar-refractivity contribution in [2.75, 3.05) is 0 Å². The second kappa shape index (κ2) is 9.08. The van der Waals surface area contributed by atoms with E-state index in [-0.39, 0.29) is 12.3 Å². The molecular formula is C23H27F3N4O. The summed E-state index contributed by atoms with van der Waals surface area (Å²) in [6.07, 6.45) is -2.42. The van der Waals surface area contributed by atoms with Crippen LogP contribution in [0.1, 0.15) is 66.0 Å². The van der Waals surface area contributed by atoms with Crippen LogP contribution < -0.4 is 5.32 Å². The number of hydrogen-bond acceptors (Lipinski definition) is 3. The molecule has 5 nitrogen and oxygen atoms in total. The highest BCUT2D eigenvalue weighted by Gasteiger charge is 2.31. The lowest BCUT2D eigenvalue weighted by atomic mass is 9.99. The molecule has 3 rings (SSSR count). The predicted molar refractivity (Wildman–Crippen MR) is 113 cm³/mol. The number of fused-ring (bicyclic) bond motifs is 1. The van der Waals surface area contributed by atoms with Gasteiger partial charge in [-0.25, -0.2) is 9.50 Å². The molecule has 31 heavy (non-hydrogen) atoms. The molecule has 0 saturated carbocycles. The van der Waals surface area contributed by atoms with Crippen LogP contribution in [0.2, 0.25) is 0 Å². The van der Waals surface area contributed by atoms with E-state index >= 15 is 0 Å². The van der Waals surface area contributed by atoms with Crippen molar-refractivity contribution in [3.8, 4) is 0 Å². The van der Waals surface area contributed by atoms with E-state index < -0.39 is 17.8 Å². The summed E-state index contributed by atoms with van der Waals surface area (Å²) in [6, 6.07) is 6.61. The molecule has 2 heterocycles. The normalized spacial score (nSPS) is 12.9. The Morgan fingerprint density at radius 2 is 1.94 bits per heavy atom. The molecule has 1 amide bonds. The van der Waals surface area contributed by atoms with Gasteiger partial charge in [0.1, 0.15) is 0 Å². The largest absolute Gasteiger partial charge is 0.416 e. The van der Waals surface area contributed by atoms with Gasteiger partial charge >= 0.3 is 6.18 Å². The Labute approximate surface area is 179 Å². The molecule has 2 aromatic heterocycles. The minimum atomic E-state index is -4.41. The van der Waals surface area contributed by atoms with Crippen LogP contribution in [0.25, 0.3) is 5.65 Å². The van der Waals surface area contributed by atoms with Gasteiger partial charge in [0.25, 0.3) is 0 Å². The Morgan fingerprint density at radius 1 is 1.19 bits per heavy atom. The molecule has 0 spiro atoms. The van der Waals surface area contributed by atoms with E-state index in [0.717, 1.165) is 46.8 Å². The van der Waals surface area contributed by atoms with Crippen LogP contribution in [0.15, 0.2) is 30.3 Å². The van der Waals surface area contributed by atoms with E-state index in [9.17, 15) is 18.0 Å². The van der Waals surface area contributed by atoms with Crippen LogP contribution in [-0.2, 0) is 17.4 Å². The summed E-state index contributed by atoms with van der Waals surface area (Å²) < 4.78 is 41.0. The first-order valence-electron chi connectivity index (χ1n) is 10.4. The summed E-state index contributed by atoms with van der Waals surface area (Å²) in [5.41, 5.74) is 4.14. The van der Waals surface area contributed by atoms with E-state index in [4.69, 9.17) is 0 Å². The molecular weight excluding hydrogens is 405 g/mol. The number of halogens is 3. The molecule has 166 valence electrons. The molecule has 3 aromatic rings. The fourth-order valence-corrected chi connectivity index (χ4v) is 3.85. The minimum absolute atomic E-state index is 0.202. The average molecular weight is 432 g/mol. The van der Waals surface area contributed by atoms with Crippen molar-refractivity contribution in [3.05, 3.63) is 64.1 Å². The molecule has 0 aliphatic carbocycles. The Hall–Kier alpha value is -2.90. The van der Waals surface area contributed by atoms with Gasteiger partial charge in [-0.2, -0.15) is 18.3 Å². The van der Waals surface area contributed by atoms with Gasteiger partial charge in [-0.3, -0.25) is 4.79 Å². The van der Waals surface area contributed by atoms with Crippen molar-refractivity contribution in [1.82, 2.24) is 19.9 Å². The minimum Gasteiger partial charge on any atom is -0.349 e. The molecule has 1 unspecified atom stereocenters. The van der Waals surface area contributed by atoms with Gasteiger partial charge in [0.15, 0.2) is 5.65 Å². The van der Waals surface area contributed by atoms with Gasteiger partial charge < -0.3 is 5.32 Å². The Morgan fingerprint density at radius 3 is 2.61 bits per heavy atom. The number of aromatic nitrogens is 3. The maximum absolute atomic E-state index is 13.1. The number of carbonyl (C=O) groups excluding carboxylic acids is 1. The first-order valence-corrected chi connectivity index (χ1v) is 10.4. The summed E-state index contributed by atoms with van der Waals surface area (Å²) in [7, 11) is 0. The third kappa shape index (κ3) is 5.24. The number of carbonyl (C=O) groups is 1. The molecule has 0 bridgehead atoms. The summed E-state index contributed by atoms with van der Waals surface area (Å²) in [6.45, 7) is 7.69. The van der Waals surface area contributed by atoms with Crippen molar-refractivity contribution in [2.24, 2.45) is 0 Å². The molecule has 0 saturated heterocycles. The zero-order valence-corrected chi connectivity index (χ0v) is 18.2. The molecule has 1 N–H and O–H groups in total. The first kappa shape index (κ1) is 22.8. The Balaban J connectivity index is 1.74. The Kier molecular flexibility index (Phi) is 6.67. The smallest absolute Gasteiger partial charge is 0.349 e. The van der Waals surface area contributed by atoms with E-state index in [1.165, 1.54) is 6.07 Å². The number of alkyl halides is 3. The fraction of sp³-hybridized carbons (Fsp3) is 0.435. The van der Waals surface area contributed by atoms with Gasteiger partial charge in [-0.1, -0.05) is 25.5 Å². The van der Waals surface area contributed by atoms with Crippen molar-refractivity contribution in [1.29, 1.82) is 0 Å². The molecule has 1 aromatic carbocycles. The highest BCUT2D eigenvalue weighted by Crippen LogP contribution is 2.31. The number of benzene rings is 1. The zero-order chi connectivity index (χ0) is 22.8. The number of nitrogens with zero attached hydrogens (tertiary/aromatic N) is 3. The standard InChI is InChI=1S/C23H27F3N4O/c1-5-7-20(17-8-6-9-18(13-17)23(24,25)26)28-22(31)11-10-19-15(3)27-21-12-14(2)29-30(21)16(19)4/h6,8-9,12-13,20H,5,7,10-11H2,1-4H3,(H,28,31). The highest BCUT2D eigenvalue weighted by molar-refractivity contribution is 5.76. The van der Waals surface area contributed by atoms with Gasteiger partial charge in [0, 0.05) is 23.9 Å². The van der Waals surface area contributed by atoms with Crippen LogP contribution in [-0.4, -0.2) is 20.5 Å². The molecule has 0 fully saturated rings. The summed E-state index contributed by atoms with van der Waals surface area (Å²) in [4.78, 5) is 17.2. The van der Waals surface area contributed by atoms with Crippen LogP contribution >= 0.6 is 0 Å². The van der Waals surface area contributed by atoms with Crippen LogP contribution in [0.5, 0.6) is 0 Å². The van der Waals surface area contributed by atoms with Gasteiger partial charge in [-0.15, -0.1) is 0 Å². The van der Waals surface area contributed by atoms with Gasteiger partial charge in [0.2, 0.25) is 5.91 Å². The Bertz CT molecular complexity index is 1090.